The summed E-state index contributed by atoms with van der Waals surface area (Å²) in [5.41, 5.74) is -1.04. The Bertz CT molecular complexity index is 307. The minimum absolute atomic E-state index is 0. The summed E-state index contributed by atoms with van der Waals surface area (Å²) in [6.45, 7) is 0. The van der Waals surface area contributed by atoms with Crippen LogP contribution >= 0.6 is 0 Å². The molecule has 9 nitrogen and oxygen atoms in total. The van der Waals surface area contributed by atoms with Crippen molar-refractivity contribution in [3.63, 3.8) is 0 Å². The molecule has 0 saturated carbocycles. The summed E-state index contributed by atoms with van der Waals surface area (Å²) in [6, 6.07) is 0. The zero-order valence-corrected chi connectivity index (χ0v) is 10.9. The van der Waals surface area contributed by atoms with Gasteiger partial charge in [0.2, 0.25) is 12.0 Å². The van der Waals surface area contributed by atoms with E-state index in [4.69, 9.17) is 15.3 Å². The van der Waals surface area contributed by atoms with E-state index >= 15 is 0 Å². The van der Waals surface area contributed by atoms with E-state index < -0.39 is 36.4 Å². The van der Waals surface area contributed by atoms with Crippen LogP contribution in [0.3, 0.4) is 0 Å². The van der Waals surface area contributed by atoms with Crippen molar-refractivity contribution < 1.29 is 70.3 Å². The molecule has 1 amide bonds. The molecule has 0 spiro atoms. The van der Waals surface area contributed by atoms with E-state index in [9.17, 15) is 19.2 Å². The Morgan fingerprint density at radius 1 is 1.18 bits per heavy atom. The standard InChI is InChI=1S/C7H9NO8.Na.H/c9-3-8-16-7(6(14)15,1-4(10)11)2-5(12)13;;/h3H,1-2H2,(H,8,9)(H,10,11)(H,12,13)(H,14,15);;/q;+1;-1. The first kappa shape index (κ1) is 18.2. The first-order valence-electron chi connectivity index (χ1n) is 3.88. The Morgan fingerprint density at radius 2 is 1.59 bits per heavy atom. The molecule has 0 aromatic carbocycles. The minimum Gasteiger partial charge on any atom is -1.00 e. The Hall–Kier alpha value is -1.16. The second kappa shape index (κ2) is 8.01. The molecule has 0 aliphatic carbocycles. The average Bonchev–Trinajstić information content (AvgIpc) is 2.11. The second-order valence-corrected chi connectivity index (χ2v) is 2.78. The number of carboxylic acids is 3. The van der Waals surface area contributed by atoms with Gasteiger partial charge in [-0.05, 0) is 0 Å². The molecule has 4 N–H and O–H groups in total. The van der Waals surface area contributed by atoms with E-state index in [0.717, 1.165) is 0 Å². The van der Waals surface area contributed by atoms with Crippen LogP contribution in [0.4, 0.5) is 0 Å². The third kappa shape index (κ3) is 6.22. The van der Waals surface area contributed by atoms with Crippen LogP contribution in [0.1, 0.15) is 14.3 Å². The summed E-state index contributed by atoms with van der Waals surface area (Å²) in [5, 5.41) is 25.7. The van der Waals surface area contributed by atoms with Crippen molar-refractivity contribution in [3.8, 4) is 0 Å². The maximum Gasteiger partial charge on any atom is 1.00 e. The molecule has 0 radical (unpaired) electrons. The van der Waals surface area contributed by atoms with Gasteiger partial charge in [0.1, 0.15) is 0 Å². The normalized spacial score (nSPS) is 9.88. The van der Waals surface area contributed by atoms with Crippen molar-refractivity contribution in [3.05, 3.63) is 0 Å². The maximum atomic E-state index is 10.8. The number of carbonyl (C=O) groups is 4. The van der Waals surface area contributed by atoms with Crippen molar-refractivity contribution >= 4 is 24.3 Å². The summed E-state index contributed by atoms with van der Waals surface area (Å²) in [7, 11) is 0. The van der Waals surface area contributed by atoms with E-state index in [1.807, 2.05) is 0 Å². The fraction of sp³-hybridized carbons (Fsp3) is 0.429. The summed E-state index contributed by atoms with van der Waals surface area (Å²) in [4.78, 5) is 45.8. The topological polar surface area (TPSA) is 150 Å². The number of carboxylic acid groups (broad SMARTS) is 3. The molecular formula is C7H10NNaO8. The number of nitrogens with one attached hydrogen (secondary N) is 1. The van der Waals surface area contributed by atoms with E-state index in [1.54, 1.807) is 0 Å². The zero-order valence-electron chi connectivity index (χ0n) is 9.87. The molecule has 92 valence electrons. The predicted molar refractivity (Wildman–Crippen MR) is 46.3 cm³/mol. The van der Waals surface area contributed by atoms with Gasteiger partial charge in [0.15, 0.2) is 0 Å². The molecule has 0 aromatic heterocycles. The number of hydrogen-bond donors (Lipinski definition) is 4. The maximum absolute atomic E-state index is 10.8. The van der Waals surface area contributed by atoms with E-state index in [2.05, 4.69) is 4.84 Å². The Labute approximate surface area is 118 Å². The van der Waals surface area contributed by atoms with Crippen molar-refractivity contribution in [1.29, 1.82) is 0 Å². The Kier molecular flexibility index (Phi) is 8.58. The van der Waals surface area contributed by atoms with Crippen LogP contribution in [-0.2, 0) is 24.0 Å². The van der Waals surface area contributed by atoms with Crippen LogP contribution < -0.4 is 35.0 Å². The number of amides is 1. The second-order valence-electron chi connectivity index (χ2n) is 2.78. The van der Waals surface area contributed by atoms with Crippen LogP contribution in [0.25, 0.3) is 0 Å². The van der Waals surface area contributed by atoms with E-state index in [1.165, 1.54) is 5.48 Å². The van der Waals surface area contributed by atoms with Crippen molar-refractivity contribution in [2.75, 3.05) is 0 Å². The van der Waals surface area contributed by atoms with Crippen LogP contribution in [0, 0.1) is 0 Å². The largest absolute Gasteiger partial charge is 1.00 e. The molecule has 0 heterocycles. The summed E-state index contributed by atoms with van der Waals surface area (Å²) < 4.78 is 0. The molecule has 0 atom stereocenters. The summed E-state index contributed by atoms with van der Waals surface area (Å²) in [5.74, 6) is -4.95. The van der Waals surface area contributed by atoms with Gasteiger partial charge < -0.3 is 16.7 Å². The zero-order chi connectivity index (χ0) is 12.8. The molecule has 0 bridgehead atoms. The number of carbonyl (C=O) groups excluding carboxylic acids is 1. The average molecular weight is 259 g/mol. The molecule has 10 heteroatoms. The van der Waals surface area contributed by atoms with Crippen molar-refractivity contribution in [1.82, 2.24) is 5.48 Å². The molecule has 17 heavy (non-hydrogen) atoms. The van der Waals surface area contributed by atoms with Gasteiger partial charge in [-0.3, -0.25) is 19.2 Å². The quantitative estimate of drug-likeness (QED) is 0.193. The van der Waals surface area contributed by atoms with Gasteiger partial charge in [-0.15, -0.1) is 0 Å². The fourth-order valence-electron chi connectivity index (χ4n) is 0.955. The Morgan fingerprint density at radius 3 is 1.82 bits per heavy atom. The first-order chi connectivity index (χ1) is 7.34. The SMILES string of the molecule is O=CNOC(CC(=O)O)(CC(=O)O)C(=O)O.[H-].[Na+]. The third-order valence-electron chi connectivity index (χ3n) is 1.57. The van der Waals surface area contributed by atoms with Gasteiger partial charge in [0, 0.05) is 0 Å². The molecule has 0 rings (SSSR count). The molecule has 0 aliphatic heterocycles. The number of hydrogen-bond acceptors (Lipinski definition) is 5. The van der Waals surface area contributed by atoms with E-state index in [0.29, 0.717) is 0 Å². The van der Waals surface area contributed by atoms with Gasteiger partial charge in [-0.25, -0.2) is 10.3 Å². The molecule has 0 saturated heterocycles. The molecule has 0 aromatic rings. The first-order valence-corrected chi connectivity index (χ1v) is 3.88. The summed E-state index contributed by atoms with van der Waals surface area (Å²) >= 11 is 0. The third-order valence-corrected chi connectivity index (χ3v) is 1.57. The van der Waals surface area contributed by atoms with E-state index in [-0.39, 0.29) is 37.4 Å². The van der Waals surface area contributed by atoms with Gasteiger partial charge in [0.05, 0.1) is 12.8 Å². The van der Waals surface area contributed by atoms with Gasteiger partial charge in [-0.1, -0.05) is 0 Å². The number of aliphatic carboxylic acids is 3. The monoisotopic (exact) mass is 259 g/mol. The number of rotatable bonds is 8. The smallest absolute Gasteiger partial charge is 1.00 e. The molecular weight excluding hydrogens is 249 g/mol. The van der Waals surface area contributed by atoms with Gasteiger partial charge in [-0.2, -0.15) is 0 Å². The van der Waals surface area contributed by atoms with Crippen LogP contribution in [0.2, 0.25) is 0 Å². The van der Waals surface area contributed by atoms with Crippen LogP contribution in [-0.4, -0.2) is 45.2 Å². The Balaban J connectivity index is -0.00000112. The number of hydroxylamine groups is 1. The van der Waals surface area contributed by atoms with Crippen molar-refractivity contribution in [2.24, 2.45) is 0 Å². The van der Waals surface area contributed by atoms with Gasteiger partial charge in [0.25, 0.3) is 0 Å². The predicted octanol–water partition coefficient (Wildman–Crippen LogP) is -4.45. The minimum atomic E-state index is -2.53. The molecule has 0 aliphatic rings. The summed E-state index contributed by atoms with van der Waals surface area (Å²) in [6.07, 6.45) is -2.24. The fourth-order valence-corrected chi connectivity index (χ4v) is 0.955. The molecule has 0 fully saturated rings. The molecule has 0 unspecified atom stereocenters. The van der Waals surface area contributed by atoms with Crippen molar-refractivity contribution in [2.45, 2.75) is 18.4 Å². The van der Waals surface area contributed by atoms with Crippen LogP contribution in [0.15, 0.2) is 0 Å². The van der Waals surface area contributed by atoms with Gasteiger partial charge >= 0.3 is 47.5 Å². The van der Waals surface area contributed by atoms with Crippen LogP contribution in [0.5, 0.6) is 0 Å².